The number of carbonyl (C=O) groups is 1. The third-order valence-corrected chi connectivity index (χ3v) is 5.08. The molecule has 2 aliphatic rings. The van der Waals surface area contributed by atoms with Crippen molar-refractivity contribution in [3.63, 3.8) is 0 Å². The summed E-state index contributed by atoms with van der Waals surface area (Å²) < 4.78 is 6.08. The van der Waals surface area contributed by atoms with Gasteiger partial charge in [-0.15, -0.1) is 0 Å². The van der Waals surface area contributed by atoms with Crippen LogP contribution in [0.25, 0.3) is 0 Å². The number of hydrogen-bond donors (Lipinski definition) is 1. The highest BCUT2D eigenvalue weighted by molar-refractivity contribution is 5.84. The van der Waals surface area contributed by atoms with E-state index in [1.807, 2.05) is 0 Å². The molecule has 3 heteroatoms. The van der Waals surface area contributed by atoms with Crippen LogP contribution >= 0.6 is 0 Å². The fourth-order valence-electron chi connectivity index (χ4n) is 3.83. The number of ketones is 1. The van der Waals surface area contributed by atoms with Gasteiger partial charge in [-0.1, -0.05) is 33.1 Å². The second kappa shape index (κ2) is 6.36. The Bertz CT molecular complexity index is 302. The van der Waals surface area contributed by atoms with E-state index in [1.54, 1.807) is 0 Å². The zero-order chi connectivity index (χ0) is 13.9. The normalized spacial score (nSPS) is 28.5. The molecule has 0 bridgehead atoms. The van der Waals surface area contributed by atoms with Gasteiger partial charge in [-0.05, 0) is 31.6 Å². The standard InChI is InChI=1S/C16H29NO2/c1-12(2)14(11-17)15(18)13-6-9-19-16(10-13)7-4-3-5-8-16/h12-14H,3-11,17H2,1-2H3. The molecule has 0 aromatic rings. The molecule has 0 radical (unpaired) electrons. The maximum absolute atomic E-state index is 12.7. The van der Waals surface area contributed by atoms with E-state index in [0.29, 0.717) is 18.2 Å². The molecule has 2 N–H and O–H groups in total. The van der Waals surface area contributed by atoms with Crippen molar-refractivity contribution in [1.82, 2.24) is 0 Å². The van der Waals surface area contributed by atoms with Crippen LogP contribution in [0, 0.1) is 17.8 Å². The van der Waals surface area contributed by atoms with E-state index < -0.39 is 0 Å². The second-order valence-electron chi connectivity index (χ2n) is 6.77. The fourth-order valence-corrected chi connectivity index (χ4v) is 3.83. The molecule has 2 rings (SSSR count). The molecule has 1 saturated carbocycles. The lowest BCUT2D eigenvalue weighted by atomic mass is 9.72. The molecule has 1 saturated heterocycles. The maximum atomic E-state index is 12.7. The molecule has 110 valence electrons. The van der Waals surface area contributed by atoms with Gasteiger partial charge in [-0.25, -0.2) is 0 Å². The van der Waals surface area contributed by atoms with E-state index in [2.05, 4.69) is 13.8 Å². The average Bonchev–Trinajstić information content (AvgIpc) is 2.40. The first-order valence-corrected chi connectivity index (χ1v) is 7.96. The Balaban J connectivity index is 2.02. The summed E-state index contributed by atoms with van der Waals surface area (Å²) in [5, 5.41) is 0. The van der Waals surface area contributed by atoms with E-state index in [9.17, 15) is 4.79 Å². The second-order valence-corrected chi connectivity index (χ2v) is 6.77. The van der Waals surface area contributed by atoms with Crippen LogP contribution in [-0.2, 0) is 9.53 Å². The van der Waals surface area contributed by atoms with Crippen molar-refractivity contribution in [1.29, 1.82) is 0 Å². The van der Waals surface area contributed by atoms with Crippen molar-refractivity contribution < 1.29 is 9.53 Å². The number of carbonyl (C=O) groups excluding carboxylic acids is 1. The molecule has 1 heterocycles. The molecule has 3 nitrogen and oxygen atoms in total. The van der Waals surface area contributed by atoms with Crippen LogP contribution in [0.1, 0.15) is 58.8 Å². The van der Waals surface area contributed by atoms with Crippen LogP contribution in [-0.4, -0.2) is 24.5 Å². The Labute approximate surface area is 117 Å². The smallest absolute Gasteiger partial charge is 0.140 e. The van der Waals surface area contributed by atoms with Gasteiger partial charge in [0, 0.05) is 25.0 Å². The van der Waals surface area contributed by atoms with E-state index in [1.165, 1.54) is 19.3 Å². The van der Waals surface area contributed by atoms with Crippen molar-refractivity contribution in [2.75, 3.05) is 13.2 Å². The number of ether oxygens (including phenoxy) is 1. The lowest BCUT2D eigenvalue weighted by Gasteiger charge is -2.43. The predicted molar refractivity (Wildman–Crippen MR) is 76.9 cm³/mol. The maximum Gasteiger partial charge on any atom is 0.140 e. The van der Waals surface area contributed by atoms with Gasteiger partial charge in [0.05, 0.1) is 5.60 Å². The SMILES string of the molecule is CC(C)C(CN)C(=O)C1CCOC2(CCCCC2)C1. The first kappa shape index (κ1) is 15.0. The molecule has 0 amide bonds. The van der Waals surface area contributed by atoms with Gasteiger partial charge in [0.15, 0.2) is 0 Å². The molecular formula is C16H29NO2. The van der Waals surface area contributed by atoms with Gasteiger partial charge >= 0.3 is 0 Å². The van der Waals surface area contributed by atoms with E-state index in [-0.39, 0.29) is 17.4 Å². The molecule has 2 fully saturated rings. The minimum Gasteiger partial charge on any atom is -0.375 e. The van der Waals surface area contributed by atoms with Crippen molar-refractivity contribution in [2.24, 2.45) is 23.5 Å². The molecular weight excluding hydrogens is 238 g/mol. The summed E-state index contributed by atoms with van der Waals surface area (Å²) in [6, 6.07) is 0. The molecule has 1 spiro atoms. The monoisotopic (exact) mass is 267 g/mol. The summed E-state index contributed by atoms with van der Waals surface area (Å²) in [5.41, 5.74) is 5.82. The largest absolute Gasteiger partial charge is 0.375 e. The average molecular weight is 267 g/mol. The number of rotatable bonds is 4. The topological polar surface area (TPSA) is 52.3 Å². The molecule has 2 atom stereocenters. The van der Waals surface area contributed by atoms with Crippen molar-refractivity contribution in [3.05, 3.63) is 0 Å². The Kier molecular flexibility index (Phi) is 5.02. The lowest BCUT2D eigenvalue weighted by Crippen LogP contribution is -2.45. The van der Waals surface area contributed by atoms with E-state index in [4.69, 9.17) is 10.5 Å². The molecule has 1 aliphatic heterocycles. The Morgan fingerprint density at radius 3 is 2.58 bits per heavy atom. The van der Waals surface area contributed by atoms with Crippen LogP contribution < -0.4 is 5.73 Å². The third-order valence-electron chi connectivity index (χ3n) is 5.08. The lowest BCUT2D eigenvalue weighted by molar-refractivity contribution is -0.146. The van der Waals surface area contributed by atoms with E-state index in [0.717, 1.165) is 32.3 Å². The summed E-state index contributed by atoms with van der Waals surface area (Å²) in [4.78, 5) is 12.7. The van der Waals surface area contributed by atoms with Crippen LogP contribution in [0.5, 0.6) is 0 Å². The van der Waals surface area contributed by atoms with Gasteiger partial charge in [0.1, 0.15) is 5.78 Å². The highest BCUT2D eigenvalue weighted by atomic mass is 16.5. The fraction of sp³-hybridized carbons (Fsp3) is 0.938. The summed E-state index contributed by atoms with van der Waals surface area (Å²) in [6.07, 6.45) is 7.95. The van der Waals surface area contributed by atoms with Crippen molar-refractivity contribution >= 4 is 5.78 Å². The summed E-state index contributed by atoms with van der Waals surface area (Å²) in [5.74, 6) is 0.958. The highest BCUT2D eigenvalue weighted by Crippen LogP contribution is 2.41. The molecule has 0 aromatic carbocycles. The van der Waals surface area contributed by atoms with Crippen LogP contribution in [0.15, 0.2) is 0 Å². The zero-order valence-electron chi connectivity index (χ0n) is 12.5. The molecule has 19 heavy (non-hydrogen) atoms. The first-order valence-electron chi connectivity index (χ1n) is 7.96. The van der Waals surface area contributed by atoms with Crippen LogP contribution in [0.3, 0.4) is 0 Å². The number of hydrogen-bond acceptors (Lipinski definition) is 3. The van der Waals surface area contributed by atoms with Gasteiger partial charge < -0.3 is 10.5 Å². The Morgan fingerprint density at radius 2 is 2.00 bits per heavy atom. The summed E-state index contributed by atoms with van der Waals surface area (Å²) in [6.45, 7) is 5.45. The Hall–Kier alpha value is -0.410. The summed E-state index contributed by atoms with van der Waals surface area (Å²) in [7, 11) is 0. The van der Waals surface area contributed by atoms with Gasteiger partial charge in [0.2, 0.25) is 0 Å². The third kappa shape index (κ3) is 3.38. The van der Waals surface area contributed by atoms with Crippen molar-refractivity contribution in [2.45, 2.75) is 64.4 Å². The summed E-state index contributed by atoms with van der Waals surface area (Å²) >= 11 is 0. The van der Waals surface area contributed by atoms with Gasteiger partial charge in [-0.2, -0.15) is 0 Å². The highest BCUT2D eigenvalue weighted by Gasteiger charge is 2.42. The number of nitrogens with two attached hydrogens (primary N) is 1. The number of Topliss-reactive ketones (excluding diaryl/α,β-unsaturated/α-hetero) is 1. The van der Waals surface area contributed by atoms with Crippen molar-refractivity contribution in [3.8, 4) is 0 Å². The van der Waals surface area contributed by atoms with Gasteiger partial charge in [-0.3, -0.25) is 4.79 Å². The quantitative estimate of drug-likeness (QED) is 0.852. The van der Waals surface area contributed by atoms with Crippen LogP contribution in [0.2, 0.25) is 0 Å². The van der Waals surface area contributed by atoms with Crippen LogP contribution in [0.4, 0.5) is 0 Å². The minimum atomic E-state index is 0.0208. The molecule has 0 aromatic heterocycles. The molecule has 2 unspecified atom stereocenters. The first-order chi connectivity index (χ1) is 9.08. The zero-order valence-corrected chi connectivity index (χ0v) is 12.5. The van der Waals surface area contributed by atoms with E-state index >= 15 is 0 Å². The Morgan fingerprint density at radius 1 is 1.32 bits per heavy atom. The predicted octanol–water partition coefficient (Wildman–Crippen LogP) is 2.92. The van der Waals surface area contributed by atoms with Gasteiger partial charge in [0.25, 0.3) is 0 Å². The molecule has 1 aliphatic carbocycles. The minimum absolute atomic E-state index is 0.0208.